The maximum absolute atomic E-state index is 11.8. The van der Waals surface area contributed by atoms with Crippen LogP contribution in [0.1, 0.15) is 37.0 Å². The predicted octanol–water partition coefficient (Wildman–Crippen LogP) is 3.01. The molecule has 0 saturated carbocycles. The first-order valence-corrected chi connectivity index (χ1v) is 7.56. The lowest BCUT2D eigenvalue weighted by Gasteiger charge is -2.33. The largest absolute Gasteiger partial charge is 0.493 e. The highest BCUT2D eigenvalue weighted by molar-refractivity contribution is 5.97. The van der Waals surface area contributed by atoms with Crippen molar-refractivity contribution in [3.05, 3.63) is 23.8 Å². The van der Waals surface area contributed by atoms with E-state index in [9.17, 15) is 4.79 Å². The van der Waals surface area contributed by atoms with Crippen LogP contribution < -0.4 is 9.47 Å². The van der Waals surface area contributed by atoms with Gasteiger partial charge in [0.1, 0.15) is 0 Å². The van der Waals surface area contributed by atoms with Crippen molar-refractivity contribution >= 4 is 5.78 Å². The number of piperidine rings is 1. The first-order valence-electron chi connectivity index (χ1n) is 7.56. The van der Waals surface area contributed by atoms with E-state index in [0.29, 0.717) is 23.0 Å². The van der Waals surface area contributed by atoms with Crippen LogP contribution in [0.2, 0.25) is 0 Å². The Bertz CT molecular complexity index is 493. The zero-order valence-electron chi connectivity index (χ0n) is 13.4. The van der Waals surface area contributed by atoms with E-state index in [2.05, 4.69) is 18.9 Å². The van der Waals surface area contributed by atoms with Gasteiger partial charge in [0.25, 0.3) is 0 Å². The molecule has 1 aromatic rings. The number of carbonyl (C=O) groups is 1. The van der Waals surface area contributed by atoms with Gasteiger partial charge < -0.3 is 14.4 Å². The molecule has 1 heterocycles. The van der Waals surface area contributed by atoms with Crippen molar-refractivity contribution in [2.45, 2.75) is 32.8 Å². The molecule has 116 valence electrons. The van der Waals surface area contributed by atoms with Crippen molar-refractivity contribution in [2.24, 2.45) is 5.92 Å². The van der Waals surface area contributed by atoms with E-state index in [4.69, 9.17) is 9.47 Å². The second kappa shape index (κ2) is 6.94. The Hall–Kier alpha value is -1.55. The number of carbonyl (C=O) groups excluding carboxylic acids is 1. The van der Waals surface area contributed by atoms with E-state index in [1.54, 1.807) is 20.1 Å². The number of ether oxygens (including phenoxy) is 2. The molecule has 1 unspecified atom stereocenters. The summed E-state index contributed by atoms with van der Waals surface area (Å²) < 4.78 is 11.5. The zero-order chi connectivity index (χ0) is 15.4. The normalized spacial score (nSPS) is 18.3. The second-order valence-corrected chi connectivity index (χ2v) is 5.86. The molecular formula is C17H25NO3. The standard InChI is InChI=1S/C17H25NO3/c1-12(19)15-6-5-7-16(20-4)17(15)21-13(2)14-8-10-18(3)11-9-14/h5-7,13-14H,8-11H2,1-4H3. The third-order valence-electron chi connectivity index (χ3n) is 4.31. The fourth-order valence-electron chi connectivity index (χ4n) is 2.86. The molecule has 0 amide bonds. The molecule has 1 aliphatic heterocycles. The van der Waals surface area contributed by atoms with Crippen molar-refractivity contribution in [1.82, 2.24) is 4.90 Å². The fourth-order valence-corrected chi connectivity index (χ4v) is 2.86. The van der Waals surface area contributed by atoms with Gasteiger partial charge in [0.15, 0.2) is 17.3 Å². The molecule has 1 fully saturated rings. The summed E-state index contributed by atoms with van der Waals surface area (Å²) in [6.07, 6.45) is 2.33. The Morgan fingerprint density at radius 3 is 2.57 bits per heavy atom. The van der Waals surface area contributed by atoms with E-state index in [1.807, 2.05) is 12.1 Å². The maximum Gasteiger partial charge on any atom is 0.172 e. The Kier molecular flexibility index (Phi) is 5.23. The molecule has 0 aliphatic carbocycles. The number of methoxy groups -OCH3 is 1. The molecule has 0 N–H and O–H groups in total. The van der Waals surface area contributed by atoms with Gasteiger partial charge in [-0.1, -0.05) is 6.07 Å². The Morgan fingerprint density at radius 1 is 1.33 bits per heavy atom. The van der Waals surface area contributed by atoms with Gasteiger partial charge in [0.05, 0.1) is 18.8 Å². The van der Waals surface area contributed by atoms with Gasteiger partial charge in [-0.05, 0) is 64.9 Å². The number of Topliss-reactive ketones (excluding diaryl/α,β-unsaturated/α-hetero) is 1. The molecule has 0 radical (unpaired) electrons. The number of benzene rings is 1. The van der Waals surface area contributed by atoms with E-state index >= 15 is 0 Å². The first-order chi connectivity index (χ1) is 10.0. The molecule has 21 heavy (non-hydrogen) atoms. The van der Waals surface area contributed by atoms with Gasteiger partial charge >= 0.3 is 0 Å². The lowest BCUT2D eigenvalue weighted by molar-refractivity contribution is 0.0907. The van der Waals surface area contributed by atoms with Crippen LogP contribution in [0.4, 0.5) is 0 Å². The van der Waals surface area contributed by atoms with Gasteiger partial charge in [0.2, 0.25) is 0 Å². The summed E-state index contributed by atoms with van der Waals surface area (Å²) in [5, 5.41) is 0. The number of hydrogen-bond acceptors (Lipinski definition) is 4. The third kappa shape index (κ3) is 3.76. The summed E-state index contributed by atoms with van der Waals surface area (Å²) in [4.78, 5) is 14.1. The number of rotatable bonds is 5. The van der Waals surface area contributed by atoms with Crippen LogP contribution in [0.15, 0.2) is 18.2 Å². The van der Waals surface area contributed by atoms with Crippen LogP contribution in [-0.4, -0.2) is 44.0 Å². The van der Waals surface area contributed by atoms with Gasteiger partial charge in [-0.25, -0.2) is 0 Å². The molecule has 0 bridgehead atoms. The minimum Gasteiger partial charge on any atom is -0.493 e. The molecule has 4 nitrogen and oxygen atoms in total. The van der Waals surface area contributed by atoms with Crippen molar-refractivity contribution < 1.29 is 14.3 Å². The molecule has 2 rings (SSSR count). The molecular weight excluding hydrogens is 266 g/mol. The Morgan fingerprint density at radius 2 is 2.00 bits per heavy atom. The fraction of sp³-hybridized carbons (Fsp3) is 0.588. The lowest BCUT2D eigenvalue weighted by atomic mass is 9.92. The molecule has 0 aromatic heterocycles. The summed E-state index contributed by atoms with van der Waals surface area (Å²) in [7, 11) is 3.75. The molecule has 1 aliphatic rings. The van der Waals surface area contributed by atoms with Crippen molar-refractivity contribution in [2.75, 3.05) is 27.2 Å². The van der Waals surface area contributed by atoms with Crippen molar-refractivity contribution in [3.8, 4) is 11.5 Å². The first kappa shape index (κ1) is 15.8. The van der Waals surface area contributed by atoms with Crippen molar-refractivity contribution in [1.29, 1.82) is 0 Å². The van der Waals surface area contributed by atoms with Crippen LogP contribution in [0, 0.1) is 5.92 Å². The topological polar surface area (TPSA) is 38.8 Å². The van der Waals surface area contributed by atoms with E-state index < -0.39 is 0 Å². The minimum atomic E-state index is -0.000484. The molecule has 1 saturated heterocycles. The average Bonchev–Trinajstić information content (AvgIpc) is 2.47. The van der Waals surface area contributed by atoms with Crippen molar-refractivity contribution in [3.63, 3.8) is 0 Å². The molecule has 1 atom stereocenters. The minimum absolute atomic E-state index is 0.000484. The second-order valence-electron chi connectivity index (χ2n) is 5.86. The van der Waals surface area contributed by atoms with Crippen LogP contribution >= 0.6 is 0 Å². The van der Waals surface area contributed by atoms with Gasteiger partial charge in [0, 0.05) is 0 Å². The van der Waals surface area contributed by atoms with Crippen LogP contribution in [-0.2, 0) is 0 Å². The number of nitrogens with zero attached hydrogens (tertiary/aromatic N) is 1. The summed E-state index contributed by atoms with van der Waals surface area (Å²) in [6.45, 7) is 5.85. The number of likely N-dealkylation sites (tertiary alicyclic amines) is 1. The van der Waals surface area contributed by atoms with Crippen LogP contribution in [0.3, 0.4) is 0 Å². The third-order valence-corrected chi connectivity index (χ3v) is 4.31. The quantitative estimate of drug-likeness (QED) is 0.782. The molecule has 4 heteroatoms. The van der Waals surface area contributed by atoms with Gasteiger partial charge in [-0.15, -0.1) is 0 Å². The maximum atomic E-state index is 11.8. The molecule has 1 aromatic carbocycles. The summed E-state index contributed by atoms with van der Waals surface area (Å²) in [5.74, 6) is 1.73. The highest BCUT2D eigenvalue weighted by Crippen LogP contribution is 2.34. The van der Waals surface area contributed by atoms with E-state index in [0.717, 1.165) is 25.9 Å². The molecule has 0 spiro atoms. The number of hydrogen-bond donors (Lipinski definition) is 0. The summed E-state index contributed by atoms with van der Waals surface area (Å²) in [5.41, 5.74) is 0.592. The van der Waals surface area contributed by atoms with Crippen LogP contribution in [0.5, 0.6) is 11.5 Å². The summed E-state index contributed by atoms with van der Waals surface area (Å²) >= 11 is 0. The Balaban J connectivity index is 2.16. The predicted molar refractivity (Wildman–Crippen MR) is 83.3 cm³/mol. The number of para-hydroxylation sites is 1. The smallest absolute Gasteiger partial charge is 0.172 e. The zero-order valence-corrected chi connectivity index (χ0v) is 13.4. The van der Waals surface area contributed by atoms with Gasteiger partial charge in [-0.2, -0.15) is 0 Å². The monoisotopic (exact) mass is 291 g/mol. The van der Waals surface area contributed by atoms with Gasteiger partial charge in [-0.3, -0.25) is 4.79 Å². The van der Waals surface area contributed by atoms with E-state index in [1.165, 1.54) is 0 Å². The SMILES string of the molecule is COc1cccc(C(C)=O)c1OC(C)C1CCN(C)CC1. The highest BCUT2D eigenvalue weighted by atomic mass is 16.5. The average molecular weight is 291 g/mol. The van der Waals surface area contributed by atoms with E-state index in [-0.39, 0.29) is 11.9 Å². The Labute approximate surface area is 127 Å². The summed E-state index contributed by atoms with van der Waals surface area (Å²) in [6, 6.07) is 5.45. The highest BCUT2D eigenvalue weighted by Gasteiger charge is 2.25. The van der Waals surface area contributed by atoms with Crippen LogP contribution in [0.25, 0.3) is 0 Å². The number of ketones is 1. The lowest BCUT2D eigenvalue weighted by Crippen LogP contribution is -2.36.